The topological polar surface area (TPSA) is 42.0 Å². The molecule has 2 aromatic rings. The molecule has 0 aliphatic rings. The molecule has 1 amide bonds. The van der Waals surface area contributed by atoms with Gasteiger partial charge in [-0.15, -0.1) is 0 Å². The maximum Gasteiger partial charge on any atom is 0.417 e. The van der Waals surface area contributed by atoms with Gasteiger partial charge >= 0.3 is 6.18 Å². The normalized spacial score (nSPS) is 11.3. The Bertz CT molecular complexity index is 662. The van der Waals surface area contributed by atoms with Crippen molar-refractivity contribution >= 4 is 35.0 Å². The first-order valence-corrected chi connectivity index (χ1v) is 7.43. The van der Waals surface area contributed by atoms with Gasteiger partial charge in [0.2, 0.25) is 5.91 Å². The molecule has 0 fully saturated rings. The van der Waals surface area contributed by atoms with Crippen LogP contribution in [0.25, 0.3) is 0 Å². The molecule has 0 atom stereocenters. The number of nitrogens with one attached hydrogen (secondary N) is 1. The Morgan fingerprint density at radius 2 is 1.95 bits per heavy atom. The van der Waals surface area contributed by atoms with Crippen molar-refractivity contribution in [1.29, 1.82) is 0 Å². The highest BCUT2D eigenvalue weighted by Gasteiger charge is 2.30. The van der Waals surface area contributed by atoms with Crippen molar-refractivity contribution in [3.05, 3.63) is 53.2 Å². The molecule has 2 rings (SSSR count). The van der Waals surface area contributed by atoms with Crippen molar-refractivity contribution < 1.29 is 18.0 Å². The number of nitrogens with zero attached hydrogens (tertiary/aromatic N) is 1. The summed E-state index contributed by atoms with van der Waals surface area (Å²) in [5.41, 5.74) is -0.340. The molecule has 0 aliphatic carbocycles. The third kappa shape index (κ3) is 4.64. The summed E-state index contributed by atoms with van der Waals surface area (Å²) in [6.07, 6.45) is -3.67. The standard InChI is InChI=1S/C14H10ClF3N2OS/c15-10-3-1-2-4-11(10)20-12(21)8-22-13-6-5-9(7-19-13)14(16,17)18/h1-7H,8H2,(H,20,21). The first-order chi connectivity index (χ1) is 10.4. The second-order valence-electron chi connectivity index (χ2n) is 4.20. The summed E-state index contributed by atoms with van der Waals surface area (Å²) >= 11 is 6.94. The van der Waals surface area contributed by atoms with Crippen molar-refractivity contribution in [1.82, 2.24) is 4.98 Å². The van der Waals surface area contributed by atoms with Crippen molar-refractivity contribution in [3.8, 4) is 0 Å². The largest absolute Gasteiger partial charge is 0.417 e. The number of pyridine rings is 1. The summed E-state index contributed by atoms with van der Waals surface area (Å²) < 4.78 is 37.2. The summed E-state index contributed by atoms with van der Waals surface area (Å²) in [4.78, 5) is 15.4. The minimum atomic E-state index is -4.42. The lowest BCUT2D eigenvalue weighted by atomic mass is 10.3. The van der Waals surface area contributed by atoms with Crippen LogP contribution in [0.5, 0.6) is 0 Å². The SMILES string of the molecule is O=C(CSc1ccc(C(F)(F)F)cn1)Nc1ccccc1Cl. The van der Waals surface area contributed by atoms with Crippen LogP contribution < -0.4 is 5.32 Å². The molecule has 1 N–H and O–H groups in total. The highest BCUT2D eigenvalue weighted by molar-refractivity contribution is 7.99. The first kappa shape index (κ1) is 16.6. The van der Waals surface area contributed by atoms with Crippen molar-refractivity contribution in [3.63, 3.8) is 0 Å². The van der Waals surface area contributed by atoms with Gasteiger partial charge in [-0.05, 0) is 24.3 Å². The van der Waals surface area contributed by atoms with Crippen LogP contribution in [0.2, 0.25) is 5.02 Å². The van der Waals surface area contributed by atoms with E-state index in [0.29, 0.717) is 15.7 Å². The minimum absolute atomic E-state index is 0.0174. The van der Waals surface area contributed by atoms with Gasteiger partial charge in [0.25, 0.3) is 0 Å². The van der Waals surface area contributed by atoms with E-state index in [1.165, 1.54) is 6.07 Å². The Morgan fingerprint density at radius 3 is 2.55 bits per heavy atom. The third-order valence-electron chi connectivity index (χ3n) is 2.56. The van der Waals surface area contributed by atoms with Crippen LogP contribution in [0, 0.1) is 0 Å². The molecule has 1 aromatic carbocycles. The van der Waals surface area contributed by atoms with Gasteiger partial charge in [0.05, 0.1) is 27.1 Å². The summed E-state index contributed by atoms with van der Waals surface area (Å²) in [5, 5.41) is 3.36. The number of thioether (sulfide) groups is 1. The minimum Gasteiger partial charge on any atom is -0.324 e. The number of carbonyl (C=O) groups excluding carboxylic acids is 1. The van der Waals surface area contributed by atoms with Gasteiger partial charge in [-0.3, -0.25) is 4.79 Å². The summed E-state index contributed by atoms with van der Waals surface area (Å²) in [7, 11) is 0. The molecule has 0 radical (unpaired) electrons. The molecule has 1 aromatic heterocycles. The van der Waals surface area contributed by atoms with Crippen LogP contribution in [-0.4, -0.2) is 16.6 Å². The number of hydrogen-bond acceptors (Lipinski definition) is 3. The molecule has 3 nitrogen and oxygen atoms in total. The number of alkyl halides is 3. The van der Waals surface area contributed by atoms with E-state index in [-0.39, 0.29) is 11.7 Å². The molecule has 8 heteroatoms. The fourth-order valence-corrected chi connectivity index (χ4v) is 2.35. The molecule has 0 unspecified atom stereocenters. The first-order valence-electron chi connectivity index (χ1n) is 6.06. The number of rotatable bonds is 4. The number of halogens is 4. The van der Waals surface area contributed by atoms with Crippen LogP contribution in [0.1, 0.15) is 5.56 Å². The lowest BCUT2D eigenvalue weighted by Crippen LogP contribution is -2.14. The Hall–Kier alpha value is -1.73. The highest BCUT2D eigenvalue weighted by Crippen LogP contribution is 2.29. The zero-order valence-electron chi connectivity index (χ0n) is 11.0. The van der Waals surface area contributed by atoms with E-state index in [0.717, 1.165) is 24.0 Å². The van der Waals surface area contributed by atoms with Gasteiger partial charge < -0.3 is 5.32 Å². The molecule has 0 aliphatic heterocycles. The van der Waals surface area contributed by atoms with Crippen LogP contribution in [0.15, 0.2) is 47.6 Å². The van der Waals surface area contributed by atoms with E-state index in [1.807, 2.05) is 0 Å². The Labute approximate surface area is 133 Å². The average Bonchev–Trinajstić information content (AvgIpc) is 2.47. The van der Waals surface area contributed by atoms with E-state index < -0.39 is 11.7 Å². The van der Waals surface area contributed by atoms with Gasteiger partial charge in [-0.25, -0.2) is 4.98 Å². The molecule has 116 valence electrons. The number of hydrogen-bond donors (Lipinski definition) is 1. The predicted molar refractivity (Wildman–Crippen MR) is 80.0 cm³/mol. The van der Waals surface area contributed by atoms with Crippen molar-refractivity contribution in [2.75, 3.05) is 11.1 Å². The number of amides is 1. The maximum atomic E-state index is 12.4. The van der Waals surface area contributed by atoms with Gasteiger partial charge in [-0.1, -0.05) is 35.5 Å². The molecule has 22 heavy (non-hydrogen) atoms. The zero-order valence-corrected chi connectivity index (χ0v) is 12.6. The number of aromatic nitrogens is 1. The highest BCUT2D eigenvalue weighted by atomic mass is 35.5. The molecular weight excluding hydrogens is 337 g/mol. The predicted octanol–water partition coefficient (Wildman–Crippen LogP) is 4.48. The van der Waals surface area contributed by atoms with E-state index in [4.69, 9.17) is 11.6 Å². The Balaban J connectivity index is 1.90. The number of benzene rings is 1. The quantitative estimate of drug-likeness (QED) is 0.830. The van der Waals surface area contributed by atoms with E-state index >= 15 is 0 Å². The Kier molecular flexibility index (Phi) is 5.31. The maximum absolute atomic E-state index is 12.4. The van der Waals surface area contributed by atoms with Crippen LogP contribution in [-0.2, 0) is 11.0 Å². The second-order valence-corrected chi connectivity index (χ2v) is 5.60. The summed E-state index contributed by atoms with van der Waals surface area (Å²) in [5.74, 6) is -0.302. The lowest BCUT2D eigenvalue weighted by molar-refractivity contribution is -0.137. The molecule has 0 saturated heterocycles. The second kappa shape index (κ2) is 7.02. The summed E-state index contributed by atoms with van der Waals surface area (Å²) in [6, 6.07) is 8.92. The average molecular weight is 347 g/mol. The van der Waals surface area contributed by atoms with Crippen LogP contribution >= 0.6 is 23.4 Å². The monoisotopic (exact) mass is 346 g/mol. The Morgan fingerprint density at radius 1 is 1.23 bits per heavy atom. The van der Waals surface area contributed by atoms with Gasteiger partial charge in [0.1, 0.15) is 0 Å². The van der Waals surface area contributed by atoms with Crippen LogP contribution in [0.4, 0.5) is 18.9 Å². The lowest BCUT2D eigenvalue weighted by Gasteiger charge is -2.08. The fourth-order valence-electron chi connectivity index (χ4n) is 1.52. The number of para-hydroxylation sites is 1. The van der Waals surface area contributed by atoms with Gasteiger partial charge in [-0.2, -0.15) is 13.2 Å². The summed E-state index contributed by atoms with van der Waals surface area (Å²) in [6.45, 7) is 0. The smallest absolute Gasteiger partial charge is 0.324 e. The van der Waals surface area contributed by atoms with E-state index in [9.17, 15) is 18.0 Å². The molecule has 0 saturated carbocycles. The third-order valence-corrected chi connectivity index (χ3v) is 3.84. The van der Waals surface area contributed by atoms with Gasteiger partial charge in [0.15, 0.2) is 0 Å². The molecular formula is C14H10ClF3N2OS. The zero-order chi connectivity index (χ0) is 16.2. The van der Waals surface area contributed by atoms with E-state index in [1.54, 1.807) is 24.3 Å². The number of carbonyl (C=O) groups is 1. The van der Waals surface area contributed by atoms with Crippen LogP contribution in [0.3, 0.4) is 0 Å². The number of anilines is 1. The van der Waals surface area contributed by atoms with E-state index in [2.05, 4.69) is 10.3 Å². The molecule has 0 bridgehead atoms. The van der Waals surface area contributed by atoms with Crippen molar-refractivity contribution in [2.24, 2.45) is 0 Å². The molecule has 1 heterocycles. The van der Waals surface area contributed by atoms with Gasteiger partial charge in [0, 0.05) is 6.20 Å². The van der Waals surface area contributed by atoms with Crippen molar-refractivity contribution in [2.45, 2.75) is 11.2 Å². The fraction of sp³-hybridized carbons (Fsp3) is 0.143. The molecule has 0 spiro atoms.